The van der Waals surface area contributed by atoms with Gasteiger partial charge in [-0.3, -0.25) is 4.79 Å². The molecule has 2 aromatic carbocycles. The van der Waals surface area contributed by atoms with E-state index < -0.39 is 0 Å². The molecular formula is C21H22N2O2S2. The lowest BCUT2D eigenvalue weighted by Gasteiger charge is -2.22. The number of ether oxygens (including phenoxy) is 1. The standard InChI is InChI=1S/C21H22N2O2S2/c1-3-23(4-2)17-11-10-16(12-19-20(24)22-21(26)27-19)18(13-17)25-14-15-8-6-5-7-9-15/h5-13H,3-4,14H2,1-2H3,(H,22,24,26)/b19-12-. The Kier molecular flexibility index (Phi) is 6.53. The van der Waals surface area contributed by atoms with E-state index in [2.05, 4.69) is 30.1 Å². The first kappa shape index (κ1) is 19.5. The van der Waals surface area contributed by atoms with Crippen LogP contribution >= 0.6 is 24.0 Å². The summed E-state index contributed by atoms with van der Waals surface area (Å²) < 4.78 is 6.61. The molecule has 0 radical (unpaired) electrons. The van der Waals surface area contributed by atoms with E-state index >= 15 is 0 Å². The molecule has 6 heteroatoms. The molecule has 4 nitrogen and oxygen atoms in total. The minimum atomic E-state index is -0.160. The second-order valence-electron chi connectivity index (χ2n) is 6.02. The zero-order valence-electron chi connectivity index (χ0n) is 15.4. The van der Waals surface area contributed by atoms with Gasteiger partial charge in [-0.1, -0.05) is 54.3 Å². The highest BCUT2D eigenvalue weighted by Gasteiger charge is 2.22. The zero-order valence-corrected chi connectivity index (χ0v) is 17.0. The monoisotopic (exact) mass is 398 g/mol. The lowest BCUT2D eigenvalue weighted by molar-refractivity contribution is -0.115. The molecule has 2 aromatic rings. The van der Waals surface area contributed by atoms with Crippen LogP contribution in [0.4, 0.5) is 5.69 Å². The molecule has 1 amide bonds. The van der Waals surface area contributed by atoms with Crippen molar-refractivity contribution < 1.29 is 9.53 Å². The predicted octanol–water partition coefficient (Wildman–Crippen LogP) is 4.60. The van der Waals surface area contributed by atoms with Crippen LogP contribution in [-0.4, -0.2) is 23.3 Å². The van der Waals surface area contributed by atoms with Crippen molar-refractivity contribution in [2.45, 2.75) is 20.5 Å². The van der Waals surface area contributed by atoms with Crippen LogP contribution in [0.3, 0.4) is 0 Å². The van der Waals surface area contributed by atoms with Crippen LogP contribution in [0.5, 0.6) is 5.75 Å². The van der Waals surface area contributed by atoms with Crippen LogP contribution < -0.4 is 15.0 Å². The quantitative estimate of drug-likeness (QED) is 0.545. The maximum absolute atomic E-state index is 12.0. The number of hydrogen-bond donors (Lipinski definition) is 1. The van der Waals surface area contributed by atoms with Gasteiger partial charge in [0, 0.05) is 30.4 Å². The van der Waals surface area contributed by atoms with Crippen molar-refractivity contribution in [3.05, 3.63) is 64.6 Å². The molecule has 1 aliphatic heterocycles. The number of nitrogens with zero attached hydrogens (tertiary/aromatic N) is 1. The Morgan fingerprint density at radius 2 is 1.89 bits per heavy atom. The van der Waals surface area contributed by atoms with Gasteiger partial charge in [-0.15, -0.1) is 0 Å². The third-order valence-corrected chi connectivity index (χ3v) is 5.45. The second-order valence-corrected chi connectivity index (χ2v) is 7.74. The SMILES string of the molecule is CCN(CC)c1ccc(/C=C2\SC(=S)NC2=O)c(OCc2ccccc2)c1. The highest BCUT2D eigenvalue weighted by molar-refractivity contribution is 8.26. The first-order valence-electron chi connectivity index (χ1n) is 8.91. The molecule has 140 valence electrons. The van der Waals surface area contributed by atoms with Gasteiger partial charge < -0.3 is 15.0 Å². The molecule has 0 bridgehead atoms. The Bertz CT molecular complexity index is 862. The van der Waals surface area contributed by atoms with Crippen LogP contribution in [0.2, 0.25) is 0 Å². The van der Waals surface area contributed by atoms with Crippen molar-refractivity contribution >= 4 is 46.0 Å². The number of carbonyl (C=O) groups is 1. The van der Waals surface area contributed by atoms with Crippen LogP contribution in [0.15, 0.2) is 53.4 Å². The Morgan fingerprint density at radius 3 is 2.52 bits per heavy atom. The van der Waals surface area contributed by atoms with Crippen molar-refractivity contribution in [1.82, 2.24) is 5.32 Å². The summed E-state index contributed by atoms with van der Waals surface area (Å²) in [7, 11) is 0. The van der Waals surface area contributed by atoms with Gasteiger partial charge in [0.1, 0.15) is 16.7 Å². The minimum absolute atomic E-state index is 0.160. The zero-order chi connectivity index (χ0) is 19.2. The molecule has 27 heavy (non-hydrogen) atoms. The summed E-state index contributed by atoms with van der Waals surface area (Å²) in [5, 5.41) is 2.65. The molecule has 1 N–H and O–H groups in total. The van der Waals surface area contributed by atoms with Gasteiger partial charge in [0.25, 0.3) is 5.91 Å². The van der Waals surface area contributed by atoms with Crippen LogP contribution in [0, 0.1) is 0 Å². The Balaban J connectivity index is 1.92. The van der Waals surface area contributed by atoms with Crippen LogP contribution in [0.1, 0.15) is 25.0 Å². The molecule has 0 unspecified atom stereocenters. The van der Waals surface area contributed by atoms with Gasteiger partial charge in [-0.2, -0.15) is 0 Å². The summed E-state index contributed by atoms with van der Waals surface area (Å²) in [5.74, 6) is 0.591. The largest absolute Gasteiger partial charge is 0.488 e. The van der Waals surface area contributed by atoms with Crippen molar-refractivity contribution in [1.29, 1.82) is 0 Å². The average molecular weight is 399 g/mol. The van der Waals surface area contributed by atoms with E-state index in [9.17, 15) is 4.79 Å². The molecule has 3 rings (SSSR count). The third kappa shape index (κ3) is 4.90. The predicted molar refractivity (Wildman–Crippen MR) is 117 cm³/mol. The number of thiocarbonyl (C=S) groups is 1. The van der Waals surface area contributed by atoms with E-state index in [-0.39, 0.29) is 5.91 Å². The summed E-state index contributed by atoms with van der Waals surface area (Å²) >= 11 is 6.35. The van der Waals surface area contributed by atoms with E-state index in [1.807, 2.05) is 48.5 Å². The maximum atomic E-state index is 12.0. The first-order valence-corrected chi connectivity index (χ1v) is 10.1. The highest BCUT2D eigenvalue weighted by atomic mass is 32.2. The van der Waals surface area contributed by atoms with Gasteiger partial charge in [0.2, 0.25) is 0 Å². The fourth-order valence-corrected chi connectivity index (χ4v) is 3.89. The molecule has 0 spiro atoms. The molecule has 1 heterocycles. The van der Waals surface area contributed by atoms with Crippen LogP contribution in [0.25, 0.3) is 6.08 Å². The summed E-state index contributed by atoms with van der Waals surface area (Å²) in [4.78, 5) is 14.9. The number of amides is 1. The molecule has 0 saturated carbocycles. The van der Waals surface area contributed by atoms with E-state index in [0.717, 1.165) is 35.7 Å². The normalized spacial score (nSPS) is 15.1. The average Bonchev–Trinajstić information content (AvgIpc) is 3.00. The molecule has 1 saturated heterocycles. The summed E-state index contributed by atoms with van der Waals surface area (Å²) in [5.41, 5.74) is 3.06. The van der Waals surface area contributed by atoms with Crippen molar-refractivity contribution in [3.63, 3.8) is 0 Å². The molecule has 0 aromatic heterocycles. The minimum Gasteiger partial charge on any atom is -0.488 e. The molecule has 0 atom stereocenters. The van der Waals surface area contributed by atoms with E-state index in [4.69, 9.17) is 17.0 Å². The smallest absolute Gasteiger partial charge is 0.263 e. The molecule has 1 aliphatic rings. The van der Waals surface area contributed by atoms with E-state index in [1.165, 1.54) is 11.8 Å². The lowest BCUT2D eigenvalue weighted by Crippen LogP contribution is -2.21. The fraction of sp³-hybridized carbons (Fsp3) is 0.238. The number of nitrogens with one attached hydrogen (secondary N) is 1. The Labute approximate surface area is 169 Å². The van der Waals surface area contributed by atoms with Crippen LogP contribution in [-0.2, 0) is 11.4 Å². The Morgan fingerprint density at radius 1 is 1.15 bits per heavy atom. The lowest BCUT2D eigenvalue weighted by atomic mass is 10.1. The van der Waals surface area contributed by atoms with Crippen molar-refractivity contribution in [3.8, 4) is 5.75 Å². The topological polar surface area (TPSA) is 41.6 Å². The number of thioether (sulfide) groups is 1. The third-order valence-electron chi connectivity index (χ3n) is 4.29. The van der Waals surface area contributed by atoms with Gasteiger partial charge >= 0.3 is 0 Å². The fourth-order valence-electron chi connectivity index (χ4n) is 2.85. The number of hydrogen-bond acceptors (Lipinski definition) is 5. The first-order chi connectivity index (χ1) is 13.1. The van der Waals surface area contributed by atoms with Crippen molar-refractivity contribution in [2.24, 2.45) is 0 Å². The van der Waals surface area contributed by atoms with E-state index in [0.29, 0.717) is 15.8 Å². The summed E-state index contributed by atoms with van der Waals surface area (Å²) in [6, 6.07) is 16.1. The van der Waals surface area contributed by atoms with E-state index in [1.54, 1.807) is 0 Å². The van der Waals surface area contributed by atoms with Gasteiger partial charge in [-0.25, -0.2) is 0 Å². The van der Waals surface area contributed by atoms with Gasteiger partial charge in [0.15, 0.2) is 0 Å². The number of carbonyl (C=O) groups excluding carboxylic acids is 1. The summed E-state index contributed by atoms with van der Waals surface area (Å²) in [6.45, 7) is 6.56. The second kappa shape index (κ2) is 9.06. The molecule has 1 fully saturated rings. The highest BCUT2D eigenvalue weighted by Crippen LogP contribution is 2.32. The maximum Gasteiger partial charge on any atom is 0.263 e. The number of anilines is 1. The molecule has 0 aliphatic carbocycles. The van der Waals surface area contributed by atoms with Gasteiger partial charge in [-0.05, 0) is 37.6 Å². The van der Waals surface area contributed by atoms with Gasteiger partial charge in [0.05, 0.1) is 4.91 Å². The summed E-state index contributed by atoms with van der Waals surface area (Å²) in [6.07, 6.45) is 1.84. The van der Waals surface area contributed by atoms with Crippen molar-refractivity contribution in [2.75, 3.05) is 18.0 Å². The molecular weight excluding hydrogens is 376 g/mol. The number of benzene rings is 2. The Hall–Kier alpha value is -2.31. The number of rotatable bonds is 7.